The molecular formula is C26H45NO2. The molecule has 0 aliphatic heterocycles. The molecule has 0 fully saturated rings. The fraction of sp³-hybridized carbons (Fsp3) is 0.731. The molecule has 0 heterocycles. The molecule has 1 aromatic rings. The molecule has 1 aromatic carbocycles. The highest BCUT2D eigenvalue weighted by Gasteiger charge is 2.14. The SMILES string of the molecule is CCCCCCCCCCCC(=NO)c1cc(C(C)CCCCCC)ccc1O. The van der Waals surface area contributed by atoms with Crippen molar-refractivity contribution in [2.45, 2.75) is 123 Å². The summed E-state index contributed by atoms with van der Waals surface area (Å²) in [5.41, 5.74) is 2.54. The van der Waals surface area contributed by atoms with E-state index in [1.54, 1.807) is 6.07 Å². The van der Waals surface area contributed by atoms with Crippen molar-refractivity contribution in [1.82, 2.24) is 0 Å². The topological polar surface area (TPSA) is 52.8 Å². The van der Waals surface area contributed by atoms with Crippen LogP contribution in [0.15, 0.2) is 23.4 Å². The van der Waals surface area contributed by atoms with Crippen molar-refractivity contribution >= 4 is 5.71 Å². The number of aromatic hydroxyl groups is 1. The third-order valence-corrected chi connectivity index (χ3v) is 6.03. The molecule has 0 aliphatic carbocycles. The Kier molecular flexibility index (Phi) is 14.4. The summed E-state index contributed by atoms with van der Waals surface area (Å²) in [6.07, 6.45) is 18.4. The fourth-order valence-corrected chi connectivity index (χ4v) is 3.98. The normalized spacial score (nSPS) is 13.0. The predicted octanol–water partition coefficient (Wildman–Crippen LogP) is 8.57. The maximum Gasteiger partial charge on any atom is 0.124 e. The molecule has 29 heavy (non-hydrogen) atoms. The van der Waals surface area contributed by atoms with Gasteiger partial charge in [0.1, 0.15) is 5.75 Å². The van der Waals surface area contributed by atoms with Gasteiger partial charge in [0.2, 0.25) is 0 Å². The van der Waals surface area contributed by atoms with Gasteiger partial charge in [-0.2, -0.15) is 0 Å². The Bertz CT molecular complexity index is 568. The molecule has 0 radical (unpaired) electrons. The van der Waals surface area contributed by atoms with E-state index in [1.165, 1.54) is 76.2 Å². The summed E-state index contributed by atoms with van der Waals surface area (Å²) in [4.78, 5) is 0. The lowest BCUT2D eigenvalue weighted by molar-refractivity contribution is 0.317. The van der Waals surface area contributed by atoms with Crippen LogP contribution < -0.4 is 0 Å². The van der Waals surface area contributed by atoms with Gasteiger partial charge in [-0.15, -0.1) is 0 Å². The van der Waals surface area contributed by atoms with Crippen LogP contribution in [0.25, 0.3) is 0 Å². The third-order valence-electron chi connectivity index (χ3n) is 6.03. The summed E-state index contributed by atoms with van der Waals surface area (Å²) in [5, 5.41) is 23.4. The molecule has 0 saturated heterocycles. The van der Waals surface area contributed by atoms with E-state index in [9.17, 15) is 10.3 Å². The van der Waals surface area contributed by atoms with Crippen molar-refractivity contribution < 1.29 is 10.3 Å². The van der Waals surface area contributed by atoms with Crippen LogP contribution in [0.4, 0.5) is 0 Å². The third kappa shape index (κ3) is 10.7. The van der Waals surface area contributed by atoms with Gasteiger partial charge < -0.3 is 10.3 Å². The van der Waals surface area contributed by atoms with Crippen LogP contribution in [-0.4, -0.2) is 16.0 Å². The van der Waals surface area contributed by atoms with E-state index in [2.05, 4.69) is 25.9 Å². The first kappa shape index (κ1) is 25.5. The standard InChI is InChI=1S/C26H45NO2/c1-4-6-8-10-11-12-13-14-16-18-25(27-29)24-21-23(19-20-26(24)28)22(3)17-15-9-7-5-2/h19-22,28-29H,4-18H2,1-3H3. The minimum Gasteiger partial charge on any atom is -0.507 e. The second-order valence-corrected chi connectivity index (χ2v) is 8.65. The van der Waals surface area contributed by atoms with Crippen LogP contribution in [-0.2, 0) is 0 Å². The number of hydrogen-bond acceptors (Lipinski definition) is 3. The maximum absolute atomic E-state index is 10.3. The number of rotatable bonds is 17. The van der Waals surface area contributed by atoms with Gasteiger partial charge in [-0.05, 0) is 42.9 Å². The molecule has 166 valence electrons. The Labute approximate surface area is 179 Å². The Morgan fingerprint density at radius 2 is 1.38 bits per heavy atom. The van der Waals surface area contributed by atoms with Crippen LogP contribution in [0.1, 0.15) is 134 Å². The highest BCUT2D eigenvalue weighted by Crippen LogP contribution is 2.28. The van der Waals surface area contributed by atoms with Crippen molar-refractivity contribution in [2.75, 3.05) is 0 Å². The van der Waals surface area contributed by atoms with Gasteiger partial charge in [0.25, 0.3) is 0 Å². The minimum absolute atomic E-state index is 0.218. The predicted molar refractivity (Wildman–Crippen MR) is 125 cm³/mol. The van der Waals surface area contributed by atoms with E-state index in [4.69, 9.17) is 0 Å². The molecule has 0 amide bonds. The van der Waals surface area contributed by atoms with Crippen LogP contribution >= 0.6 is 0 Å². The first-order valence-electron chi connectivity index (χ1n) is 12.2. The van der Waals surface area contributed by atoms with Gasteiger partial charge >= 0.3 is 0 Å². The van der Waals surface area contributed by atoms with Gasteiger partial charge in [0, 0.05) is 5.56 Å². The lowest BCUT2D eigenvalue weighted by Gasteiger charge is -2.15. The number of oxime groups is 1. The monoisotopic (exact) mass is 403 g/mol. The second kappa shape index (κ2) is 16.3. The van der Waals surface area contributed by atoms with E-state index in [0.717, 1.165) is 19.3 Å². The molecule has 1 unspecified atom stereocenters. The summed E-state index contributed by atoms with van der Waals surface area (Å²) in [6, 6.07) is 5.80. The summed E-state index contributed by atoms with van der Waals surface area (Å²) in [6.45, 7) is 6.74. The number of benzene rings is 1. The highest BCUT2D eigenvalue weighted by atomic mass is 16.4. The van der Waals surface area contributed by atoms with Gasteiger partial charge in [0.05, 0.1) is 5.71 Å². The Morgan fingerprint density at radius 1 is 0.828 bits per heavy atom. The summed E-state index contributed by atoms with van der Waals surface area (Å²) in [5.74, 6) is 0.675. The molecule has 3 nitrogen and oxygen atoms in total. The van der Waals surface area contributed by atoms with Crippen molar-refractivity contribution in [3.05, 3.63) is 29.3 Å². The van der Waals surface area contributed by atoms with E-state index < -0.39 is 0 Å². The first-order valence-corrected chi connectivity index (χ1v) is 12.2. The maximum atomic E-state index is 10.3. The van der Waals surface area contributed by atoms with E-state index >= 15 is 0 Å². The lowest BCUT2D eigenvalue weighted by atomic mass is 9.91. The average Bonchev–Trinajstić information content (AvgIpc) is 2.73. The number of phenolic OH excluding ortho intramolecular Hbond substituents is 1. The van der Waals surface area contributed by atoms with Gasteiger partial charge in [-0.25, -0.2) is 0 Å². The molecule has 1 rings (SSSR count). The van der Waals surface area contributed by atoms with Crippen molar-refractivity contribution in [1.29, 1.82) is 0 Å². The molecule has 1 atom stereocenters. The number of unbranched alkanes of at least 4 members (excludes halogenated alkanes) is 11. The average molecular weight is 404 g/mol. The van der Waals surface area contributed by atoms with Gasteiger partial charge in [-0.1, -0.05) is 109 Å². The molecule has 3 heteroatoms. The first-order chi connectivity index (χ1) is 14.1. The molecule has 0 bridgehead atoms. The van der Waals surface area contributed by atoms with E-state index in [0.29, 0.717) is 23.6 Å². The Hall–Kier alpha value is -1.51. The number of hydrogen-bond donors (Lipinski definition) is 2. The van der Waals surface area contributed by atoms with Crippen LogP contribution in [0, 0.1) is 0 Å². The molecule has 0 aliphatic rings. The zero-order valence-electron chi connectivity index (χ0n) is 19.3. The number of phenols is 1. The van der Waals surface area contributed by atoms with Crippen molar-refractivity contribution in [3.8, 4) is 5.75 Å². The van der Waals surface area contributed by atoms with Gasteiger partial charge in [0.15, 0.2) is 0 Å². The minimum atomic E-state index is 0.218. The summed E-state index contributed by atoms with van der Waals surface area (Å²) >= 11 is 0. The molecule has 0 aromatic heterocycles. The van der Waals surface area contributed by atoms with Crippen molar-refractivity contribution in [3.63, 3.8) is 0 Å². The zero-order valence-corrected chi connectivity index (χ0v) is 19.3. The highest BCUT2D eigenvalue weighted by molar-refractivity contribution is 6.02. The van der Waals surface area contributed by atoms with Crippen LogP contribution in [0.5, 0.6) is 5.75 Å². The lowest BCUT2D eigenvalue weighted by Crippen LogP contribution is -2.04. The van der Waals surface area contributed by atoms with E-state index in [1.807, 2.05) is 12.1 Å². The Morgan fingerprint density at radius 3 is 1.97 bits per heavy atom. The number of nitrogens with zero attached hydrogens (tertiary/aromatic N) is 1. The Balaban J connectivity index is 2.46. The molecular weight excluding hydrogens is 358 g/mol. The molecule has 0 saturated carbocycles. The largest absolute Gasteiger partial charge is 0.507 e. The van der Waals surface area contributed by atoms with E-state index in [-0.39, 0.29) is 5.75 Å². The molecule has 2 N–H and O–H groups in total. The van der Waals surface area contributed by atoms with Crippen molar-refractivity contribution in [2.24, 2.45) is 5.16 Å². The quantitative estimate of drug-likeness (QED) is 0.118. The smallest absolute Gasteiger partial charge is 0.124 e. The summed E-state index contributed by atoms with van der Waals surface area (Å²) < 4.78 is 0. The summed E-state index contributed by atoms with van der Waals surface area (Å²) in [7, 11) is 0. The van der Waals surface area contributed by atoms with Gasteiger partial charge in [-0.3, -0.25) is 0 Å². The zero-order chi connectivity index (χ0) is 21.3. The van der Waals surface area contributed by atoms with Crippen LogP contribution in [0.2, 0.25) is 0 Å². The molecule has 0 spiro atoms. The fourth-order valence-electron chi connectivity index (χ4n) is 3.98. The van der Waals surface area contributed by atoms with Crippen LogP contribution in [0.3, 0.4) is 0 Å². The second-order valence-electron chi connectivity index (χ2n) is 8.65.